The van der Waals surface area contributed by atoms with E-state index in [4.69, 9.17) is 0 Å². The fourth-order valence-electron chi connectivity index (χ4n) is 3.12. The quantitative estimate of drug-likeness (QED) is 0.694. The van der Waals surface area contributed by atoms with Gasteiger partial charge >= 0.3 is 0 Å². The van der Waals surface area contributed by atoms with E-state index in [-0.39, 0.29) is 0 Å². The van der Waals surface area contributed by atoms with Crippen molar-refractivity contribution in [1.82, 2.24) is 0 Å². The maximum absolute atomic E-state index is 2.52. The van der Waals surface area contributed by atoms with Crippen molar-refractivity contribution in [2.24, 2.45) is 5.92 Å². The monoisotopic (exact) mass is 278 g/mol. The zero-order chi connectivity index (χ0) is 13.7. The SMILES string of the molecule is CC[SiH](c1ccc(C)cc1)[SiH](CC)C(C)C(C)C. The summed E-state index contributed by atoms with van der Waals surface area (Å²) in [6.45, 7) is 14.4. The number of rotatable bonds is 6. The van der Waals surface area contributed by atoms with Crippen LogP contribution in [0.1, 0.15) is 40.2 Å². The summed E-state index contributed by atoms with van der Waals surface area (Å²) in [6.07, 6.45) is 0. The summed E-state index contributed by atoms with van der Waals surface area (Å²) in [5, 5.41) is 1.73. The highest BCUT2D eigenvalue weighted by molar-refractivity contribution is 7.28. The van der Waals surface area contributed by atoms with Crippen LogP contribution in [0.25, 0.3) is 0 Å². The molecule has 0 saturated heterocycles. The van der Waals surface area contributed by atoms with E-state index in [1.54, 1.807) is 5.19 Å². The predicted molar refractivity (Wildman–Crippen MR) is 90.3 cm³/mol. The molecule has 0 saturated carbocycles. The summed E-state index contributed by atoms with van der Waals surface area (Å²) in [6, 6.07) is 12.4. The largest absolute Gasteiger partial charge is 0.0682 e. The molecule has 0 aliphatic rings. The molecule has 1 aromatic rings. The third-order valence-corrected chi connectivity index (χ3v) is 19.8. The first-order valence-corrected chi connectivity index (χ1v) is 13.1. The summed E-state index contributed by atoms with van der Waals surface area (Å²) in [5.74, 6) is 0.869. The Morgan fingerprint density at radius 3 is 1.89 bits per heavy atom. The Balaban J connectivity index is 2.96. The normalized spacial score (nSPS) is 16.6. The molecule has 1 aromatic carbocycles. The van der Waals surface area contributed by atoms with E-state index >= 15 is 0 Å². The van der Waals surface area contributed by atoms with E-state index < -0.39 is 16.6 Å². The van der Waals surface area contributed by atoms with Gasteiger partial charge in [0.2, 0.25) is 0 Å². The Bertz CT molecular complexity index is 343. The molecule has 0 bridgehead atoms. The highest BCUT2D eigenvalue weighted by atomic mass is 29.2. The van der Waals surface area contributed by atoms with Crippen molar-refractivity contribution >= 4 is 21.8 Å². The van der Waals surface area contributed by atoms with Crippen molar-refractivity contribution in [3.05, 3.63) is 29.8 Å². The van der Waals surface area contributed by atoms with Crippen LogP contribution in [0.5, 0.6) is 0 Å². The molecule has 0 N–H and O–H groups in total. The third-order valence-electron chi connectivity index (χ3n) is 4.66. The van der Waals surface area contributed by atoms with E-state index in [0.717, 1.165) is 11.5 Å². The molecule has 0 fully saturated rings. The van der Waals surface area contributed by atoms with Crippen LogP contribution in [0.15, 0.2) is 24.3 Å². The zero-order valence-electron chi connectivity index (χ0n) is 13.0. The lowest BCUT2D eigenvalue weighted by atomic mass is 10.1. The summed E-state index contributed by atoms with van der Waals surface area (Å²) in [5.41, 5.74) is 2.39. The Hall–Kier alpha value is -0.346. The van der Waals surface area contributed by atoms with E-state index in [1.165, 1.54) is 17.7 Å². The van der Waals surface area contributed by atoms with Crippen molar-refractivity contribution < 1.29 is 0 Å². The van der Waals surface area contributed by atoms with Gasteiger partial charge in [0, 0.05) is 8.31 Å². The van der Waals surface area contributed by atoms with Crippen molar-refractivity contribution in [3.63, 3.8) is 0 Å². The van der Waals surface area contributed by atoms with Crippen molar-refractivity contribution in [2.45, 2.75) is 59.2 Å². The van der Waals surface area contributed by atoms with Crippen LogP contribution in [0.2, 0.25) is 17.6 Å². The number of aryl methyl sites for hydroxylation is 1. The van der Waals surface area contributed by atoms with Gasteiger partial charge in [-0.2, -0.15) is 0 Å². The van der Waals surface area contributed by atoms with Gasteiger partial charge in [0.05, 0.1) is 8.31 Å². The maximum Gasteiger partial charge on any atom is 0.0614 e. The molecule has 0 spiro atoms. The molecule has 1 rings (SSSR count). The molecule has 3 unspecified atom stereocenters. The third kappa shape index (κ3) is 3.82. The van der Waals surface area contributed by atoms with Crippen LogP contribution < -0.4 is 5.19 Å². The minimum absolute atomic E-state index is 0.583. The average Bonchev–Trinajstić information content (AvgIpc) is 2.36. The molecule has 18 heavy (non-hydrogen) atoms. The maximum atomic E-state index is 2.52. The second kappa shape index (κ2) is 7.29. The van der Waals surface area contributed by atoms with E-state index in [0.29, 0.717) is 0 Å². The summed E-state index contributed by atoms with van der Waals surface area (Å²) in [4.78, 5) is 0. The molecular formula is C16H30Si2. The summed E-state index contributed by atoms with van der Waals surface area (Å²) in [7, 11) is -1.27. The van der Waals surface area contributed by atoms with Crippen molar-refractivity contribution in [1.29, 1.82) is 0 Å². The molecule has 0 amide bonds. The Morgan fingerprint density at radius 1 is 0.944 bits per heavy atom. The lowest BCUT2D eigenvalue weighted by Gasteiger charge is -2.31. The Labute approximate surface area is 117 Å². The first kappa shape index (κ1) is 15.7. The van der Waals surface area contributed by atoms with Gasteiger partial charge in [0.25, 0.3) is 0 Å². The highest BCUT2D eigenvalue weighted by Gasteiger charge is 2.29. The summed E-state index contributed by atoms with van der Waals surface area (Å²) < 4.78 is 0. The first-order valence-electron chi connectivity index (χ1n) is 7.57. The standard InChI is InChI=1S/C16H30Si2/c1-7-17(15(6)13(3)4)18(8-2)16-11-9-14(5)10-12-16/h9-13,15,17-18H,7-8H2,1-6H3. The van der Waals surface area contributed by atoms with Crippen LogP contribution in [0.4, 0.5) is 0 Å². The van der Waals surface area contributed by atoms with Gasteiger partial charge in [-0.25, -0.2) is 0 Å². The zero-order valence-corrected chi connectivity index (χ0v) is 15.3. The second-order valence-corrected chi connectivity index (χ2v) is 17.0. The number of benzene rings is 1. The molecule has 102 valence electrons. The molecule has 3 atom stereocenters. The fourth-order valence-corrected chi connectivity index (χ4v) is 17.6. The molecule has 0 radical (unpaired) electrons. The smallest absolute Gasteiger partial charge is 0.0614 e. The molecule has 0 heterocycles. The topological polar surface area (TPSA) is 0 Å². The molecule has 2 heteroatoms. The lowest BCUT2D eigenvalue weighted by Crippen LogP contribution is -2.47. The number of hydrogen-bond donors (Lipinski definition) is 0. The van der Waals surface area contributed by atoms with E-state index in [2.05, 4.69) is 65.8 Å². The van der Waals surface area contributed by atoms with Gasteiger partial charge in [-0.3, -0.25) is 0 Å². The number of hydrogen-bond acceptors (Lipinski definition) is 0. The fraction of sp³-hybridized carbons (Fsp3) is 0.625. The minimum atomic E-state index is -0.682. The van der Waals surface area contributed by atoms with Crippen molar-refractivity contribution in [3.8, 4) is 0 Å². The Kier molecular flexibility index (Phi) is 6.37. The average molecular weight is 279 g/mol. The van der Waals surface area contributed by atoms with Gasteiger partial charge in [0.1, 0.15) is 0 Å². The van der Waals surface area contributed by atoms with Crippen LogP contribution in [0, 0.1) is 12.8 Å². The van der Waals surface area contributed by atoms with Crippen LogP contribution in [-0.4, -0.2) is 16.6 Å². The van der Waals surface area contributed by atoms with E-state index in [1.807, 2.05) is 0 Å². The molecular weight excluding hydrogens is 248 g/mol. The van der Waals surface area contributed by atoms with Crippen LogP contribution in [0.3, 0.4) is 0 Å². The van der Waals surface area contributed by atoms with Crippen molar-refractivity contribution in [2.75, 3.05) is 0 Å². The van der Waals surface area contributed by atoms with Gasteiger partial charge < -0.3 is 0 Å². The van der Waals surface area contributed by atoms with Gasteiger partial charge in [-0.15, -0.1) is 0 Å². The van der Waals surface area contributed by atoms with Gasteiger partial charge in [-0.1, -0.05) is 87.3 Å². The molecule has 0 aliphatic heterocycles. The minimum Gasteiger partial charge on any atom is -0.0682 e. The first-order chi connectivity index (χ1) is 8.51. The molecule has 0 nitrogen and oxygen atoms in total. The van der Waals surface area contributed by atoms with Gasteiger partial charge in [-0.05, 0) is 12.8 Å². The van der Waals surface area contributed by atoms with Gasteiger partial charge in [0.15, 0.2) is 0 Å². The van der Waals surface area contributed by atoms with E-state index in [9.17, 15) is 0 Å². The Morgan fingerprint density at radius 2 is 1.50 bits per heavy atom. The lowest BCUT2D eigenvalue weighted by molar-refractivity contribution is 0.615. The van der Waals surface area contributed by atoms with Crippen LogP contribution >= 0.6 is 0 Å². The second-order valence-electron chi connectivity index (χ2n) is 6.10. The summed E-state index contributed by atoms with van der Waals surface area (Å²) >= 11 is 0. The predicted octanol–water partition coefficient (Wildman–Crippen LogP) is 3.82. The molecule has 0 aromatic heterocycles. The van der Waals surface area contributed by atoms with Crippen LogP contribution in [-0.2, 0) is 0 Å². The highest BCUT2D eigenvalue weighted by Crippen LogP contribution is 2.25. The molecule has 0 aliphatic carbocycles.